The Morgan fingerprint density at radius 2 is 2.06 bits per heavy atom. The van der Waals surface area contributed by atoms with Crippen molar-refractivity contribution in [3.8, 4) is 5.75 Å². The molecule has 0 bridgehead atoms. The molecule has 18 heavy (non-hydrogen) atoms. The van der Waals surface area contributed by atoms with Crippen LogP contribution in [0.2, 0.25) is 0 Å². The lowest BCUT2D eigenvalue weighted by Crippen LogP contribution is -2.27. The molecule has 3 rings (SSSR count). The van der Waals surface area contributed by atoms with Gasteiger partial charge in [-0.25, -0.2) is 0 Å². The molecule has 1 aromatic rings. The highest BCUT2D eigenvalue weighted by atomic mass is 16.5. The van der Waals surface area contributed by atoms with Crippen LogP contribution in [0.1, 0.15) is 31.2 Å². The van der Waals surface area contributed by atoms with Gasteiger partial charge in [-0.2, -0.15) is 0 Å². The van der Waals surface area contributed by atoms with Crippen LogP contribution in [0.4, 0.5) is 0 Å². The molecular formula is C15H20O3. The van der Waals surface area contributed by atoms with Crippen LogP contribution in [0.25, 0.3) is 0 Å². The van der Waals surface area contributed by atoms with Gasteiger partial charge in [-0.15, -0.1) is 0 Å². The lowest BCUT2D eigenvalue weighted by molar-refractivity contribution is 0.00742. The highest BCUT2D eigenvalue weighted by Crippen LogP contribution is 2.38. The van der Waals surface area contributed by atoms with Crippen molar-refractivity contribution in [3.63, 3.8) is 0 Å². The Labute approximate surface area is 108 Å². The fraction of sp³-hybridized carbons (Fsp3) is 0.600. The maximum atomic E-state index is 9.86. The van der Waals surface area contributed by atoms with Gasteiger partial charge in [0.1, 0.15) is 11.9 Å². The summed E-state index contributed by atoms with van der Waals surface area (Å²) in [4.78, 5) is 0. The first-order valence-electron chi connectivity index (χ1n) is 6.79. The first kappa shape index (κ1) is 12.0. The second-order valence-corrected chi connectivity index (χ2v) is 5.50. The van der Waals surface area contributed by atoms with E-state index in [2.05, 4.69) is 12.1 Å². The third kappa shape index (κ3) is 3.03. The van der Waals surface area contributed by atoms with Crippen molar-refractivity contribution in [3.05, 3.63) is 29.8 Å². The van der Waals surface area contributed by atoms with Crippen LogP contribution in [-0.4, -0.2) is 30.0 Å². The van der Waals surface area contributed by atoms with Gasteiger partial charge in [0, 0.05) is 13.0 Å². The molecule has 1 heterocycles. The molecule has 1 saturated heterocycles. The molecule has 0 aromatic heterocycles. The molecule has 2 fully saturated rings. The standard InChI is InChI=1S/C15H20O3/c16-15(7-8-15)10-12-3-5-13(6-4-12)18-14-2-1-9-17-11-14/h3-6,14,16H,1-2,7-11H2. The van der Waals surface area contributed by atoms with Gasteiger partial charge in [0.25, 0.3) is 0 Å². The summed E-state index contributed by atoms with van der Waals surface area (Å²) in [7, 11) is 0. The molecule has 1 atom stereocenters. The van der Waals surface area contributed by atoms with E-state index in [1.807, 2.05) is 12.1 Å². The number of benzene rings is 1. The maximum Gasteiger partial charge on any atom is 0.122 e. The molecule has 1 aromatic carbocycles. The highest BCUT2D eigenvalue weighted by molar-refractivity contribution is 5.29. The van der Waals surface area contributed by atoms with E-state index in [9.17, 15) is 5.11 Å². The molecule has 0 radical (unpaired) electrons. The Kier molecular flexibility index (Phi) is 3.27. The zero-order valence-electron chi connectivity index (χ0n) is 10.6. The summed E-state index contributed by atoms with van der Waals surface area (Å²) in [6, 6.07) is 8.09. The van der Waals surface area contributed by atoms with Crippen molar-refractivity contribution in [1.82, 2.24) is 0 Å². The fourth-order valence-corrected chi connectivity index (χ4v) is 2.38. The first-order chi connectivity index (χ1) is 8.73. The van der Waals surface area contributed by atoms with Crippen LogP contribution in [0.3, 0.4) is 0 Å². The SMILES string of the molecule is OC1(Cc2ccc(OC3CCCOC3)cc2)CC1. The predicted molar refractivity (Wildman–Crippen MR) is 68.8 cm³/mol. The summed E-state index contributed by atoms with van der Waals surface area (Å²) < 4.78 is 11.3. The summed E-state index contributed by atoms with van der Waals surface area (Å²) in [5.74, 6) is 0.900. The van der Waals surface area contributed by atoms with Crippen molar-refractivity contribution in [2.75, 3.05) is 13.2 Å². The van der Waals surface area contributed by atoms with Crippen molar-refractivity contribution < 1.29 is 14.6 Å². The summed E-state index contributed by atoms with van der Waals surface area (Å²) >= 11 is 0. The number of rotatable bonds is 4. The largest absolute Gasteiger partial charge is 0.488 e. The first-order valence-corrected chi connectivity index (χ1v) is 6.79. The summed E-state index contributed by atoms with van der Waals surface area (Å²) in [6.07, 6.45) is 4.98. The van der Waals surface area contributed by atoms with Gasteiger partial charge in [0.15, 0.2) is 0 Å². The predicted octanol–water partition coefficient (Wildman–Crippen LogP) is 2.31. The van der Waals surface area contributed by atoms with Gasteiger partial charge < -0.3 is 14.6 Å². The summed E-state index contributed by atoms with van der Waals surface area (Å²) in [5, 5.41) is 9.86. The number of hydrogen-bond acceptors (Lipinski definition) is 3. The van der Waals surface area contributed by atoms with Crippen LogP contribution in [0, 0.1) is 0 Å². The van der Waals surface area contributed by atoms with Gasteiger partial charge in [0.2, 0.25) is 0 Å². The molecule has 2 aliphatic rings. The normalized spacial score (nSPS) is 25.7. The van der Waals surface area contributed by atoms with Crippen molar-refractivity contribution >= 4 is 0 Å². The lowest BCUT2D eigenvalue weighted by Gasteiger charge is -2.23. The second kappa shape index (κ2) is 4.90. The van der Waals surface area contributed by atoms with E-state index < -0.39 is 5.60 Å². The van der Waals surface area contributed by atoms with Crippen LogP contribution in [0.5, 0.6) is 5.75 Å². The van der Waals surface area contributed by atoms with Crippen LogP contribution < -0.4 is 4.74 Å². The number of ether oxygens (including phenoxy) is 2. The Morgan fingerprint density at radius 1 is 1.28 bits per heavy atom. The molecule has 0 spiro atoms. The molecule has 98 valence electrons. The monoisotopic (exact) mass is 248 g/mol. The molecular weight excluding hydrogens is 228 g/mol. The Morgan fingerprint density at radius 3 is 2.67 bits per heavy atom. The van der Waals surface area contributed by atoms with Gasteiger partial charge >= 0.3 is 0 Å². The van der Waals surface area contributed by atoms with E-state index in [4.69, 9.17) is 9.47 Å². The van der Waals surface area contributed by atoms with Crippen molar-refractivity contribution in [2.45, 2.75) is 43.8 Å². The smallest absolute Gasteiger partial charge is 0.122 e. The minimum atomic E-state index is -0.417. The van der Waals surface area contributed by atoms with Gasteiger partial charge in [-0.3, -0.25) is 0 Å². The molecule has 0 amide bonds. The lowest BCUT2D eigenvalue weighted by atomic mass is 10.1. The fourth-order valence-electron chi connectivity index (χ4n) is 2.38. The van der Waals surface area contributed by atoms with Crippen molar-refractivity contribution in [2.24, 2.45) is 0 Å². The number of aliphatic hydroxyl groups is 1. The van der Waals surface area contributed by atoms with Crippen molar-refractivity contribution in [1.29, 1.82) is 0 Å². The van der Waals surface area contributed by atoms with E-state index in [0.717, 1.165) is 44.5 Å². The van der Waals surface area contributed by atoms with Crippen LogP contribution in [-0.2, 0) is 11.2 Å². The Balaban J connectivity index is 1.56. The Hall–Kier alpha value is -1.06. The van der Waals surface area contributed by atoms with Crippen LogP contribution in [0.15, 0.2) is 24.3 Å². The molecule has 1 aliphatic heterocycles. The highest BCUT2D eigenvalue weighted by Gasteiger charge is 2.39. The maximum absolute atomic E-state index is 9.86. The zero-order chi connectivity index (χ0) is 12.4. The minimum absolute atomic E-state index is 0.192. The molecule has 3 nitrogen and oxygen atoms in total. The molecule has 1 unspecified atom stereocenters. The second-order valence-electron chi connectivity index (χ2n) is 5.50. The van der Waals surface area contributed by atoms with E-state index in [0.29, 0.717) is 6.61 Å². The van der Waals surface area contributed by atoms with E-state index in [1.54, 1.807) is 0 Å². The van der Waals surface area contributed by atoms with Gasteiger partial charge in [-0.1, -0.05) is 12.1 Å². The summed E-state index contributed by atoms with van der Waals surface area (Å²) in [5.41, 5.74) is 0.766. The average Bonchev–Trinajstić information content (AvgIpc) is 3.11. The third-order valence-electron chi connectivity index (χ3n) is 3.70. The van der Waals surface area contributed by atoms with Gasteiger partial charge in [0.05, 0.1) is 12.2 Å². The van der Waals surface area contributed by atoms with Crippen LogP contribution >= 0.6 is 0 Å². The average molecular weight is 248 g/mol. The van der Waals surface area contributed by atoms with Gasteiger partial charge in [-0.05, 0) is 43.4 Å². The summed E-state index contributed by atoms with van der Waals surface area (Å²) in [6.45, 7) is 1.55. The Bertz CT molecular complexity index is 389. The van der Waals surface area contributed by atoms with E-state index >= 15 is 0 Å². The quantitative estimate of drug-likeness (QED) is 0.888. The number of hydrogen-bond donors (Lipinski definition) is 1. The molecule has 1 saturated carbocycles. The molecule has 1 aliphatic carbocycles. The molecule has 1 N–H and O–H groups in total. The topological polar surface area (TPSA) is 38.7 Å². The molecule has 3 heteroatoms. The third-order valence-corrected chi connectivity index (χ3v) is 3.70. The zero-order valence-corrected chi connectivity index (χ0v) is 10.6. The minimum Gasteiger partial charge on any atom is -0.488 e. The van der Waals surface area contributed by atoms with E-state index in [-0.39, 0.29) is 6.10 Å². The van der Waals surface area contributed by atoms with E-state index in [1.165, 1.54) is 5.56 Å².